The van der Waals surface area contributed by atoms with Crippen LogP contribution in [0.5, 0.6) is 0 Å². The fourth-order valence-electron chi connectivity index (χ4n) is 2.25. The SMILES string of the molecule is CCC(C)NC(=O)C1=CCN(S(=O)(=O)c2ccc(Br)cc2)CC1. The van der Waals surface area contributed by atoms with Crippen LogP contribution < -0.4 is 5.32 Å². The Morgan fingerprint density at radius 1 is 1.35 bits per heavy atom. The van der Waals surface area contributed by atoms with Gasteiger partial charge in [0.2, 0.25) is 15.9 Å². The molecule has 1 atom stereocenters. The van der Waals surface area contributed by atoms with Crippen molar-refractivity contribution in [3.8, 4) is 0 Å². The summed E-state index contributed by atoms with van der Waals surface area (Å²) in [5.74, 6) is -0.0972. The van der Waals surface area contributed by atoms with Crippen molar-refractivity contribution < 1.29 is 13.2 Å². The maximum atomic E-state index is 12.6. The summed E-state index contributed by atoms with van der Waals surface area (Å²) in [5.41, 5.74) is 0.660. The second-order valence-electron chi connectivity index (χ2n) is 5.58. The molecule has 1 aliphatic heterocycles. The van der Waals surface area contributed by atoms with E-state index >= 15 is 0 Å². The lowest BCUT2D eigenvalue weighted by atomic mass is 10.1. The Labute approximate surface area is 145 Å². The monoisotopic (exact) mass is 400 g/mol. The van der Waals surface area contributed by atoms with Crippen LogP contribution in [0.2, 0.25) is 0 Å². The van der Waals surface area contributed by atoms with Gasteiger partial charge in [0.15, 0.2) is 0 Å². The molecule has 1 unspecified atom stereocenters. The number of sulfonamides is 1. The minimum atomic E-state index is -3.52. The van der Waals surface area contributed by atoms with E-state index in [-0.39, 0.29) is 23.4 Å². The number of amides is 1. The molecule has 23 heavy (non-hydrogen) atoms. The number of nitrogens with zero attached hydrogens (tertiary/aromatic N) is 1. The average Bonchev–Trinajstić information content (AvgIpc) is 2.55. The molecule has 0 fully saturated rings. The van der Waals surface area contributed by atoms with Gasteiger partial charge in [0.05, 0.1) is 4.90 Å². The Hall–Kier alpha value is -1.18. The summed E-state index contributed by atoms with van der Waals surface area (Å²) in [6.07, 6.45) is 3.00. The fraction of sp³-hybridized carbons (Fsp3) is 0.438. The van der Waals surface area contributed by atoms with Gasteiger partial charge < -0.3 is 5.32 Å². The van der Waals surface area contributed by atoms with Crippen molar-refractivity contribution in [3.63, 3.8) is 0 Å². The molecular weight excluding hydrogens is 380 g/mol. The summed E-state index contributed by atoms with van der Waals surface area (Å²) < 4.78 is 27.4. The van der Waals surface area contributed by atoms with Gasteiger partial charge in [-0.2, -0.15) is 4.31 Å². The van der Waals surface area contributed by atoms with Crippen molar-refractivity contribution in [1.29, 1.82) is 0 Å². The minimum Gasteiger partial charge on any atom is -0.350 e. The van der Waals surface area contributed by atoms with E-state index in [2.05, 4.69) is 21.2 Å². The first kappa shape index (κ1) is 18.2. The van der Waals surface area contributed by atoms with E-state index in [0.717, 1.165) is 10.9 Å². The molecule has 1 aromatic carbocycles. The topological polar surface area (TPSA) is 66.5 Å². The van der Waals surface area contributed by atoms with Crippen LogP contribution in [0.15, 0.2) is 45.3 Å². The molecule has 0 spiro atoms. The molecule has 2 rings (SSSR count). The Bertz CT molecular complexity index is 699. The molecule has 0 radical (unpaired) electrons. The molecule has 1 aromatic rings. The number of rotatable bonds is 5. The lowest BCUT2D eigenvalue weighted by Crippen LogP contribution is -2.39. The molecular formula is C16H21BrN2O3S. The van der Waals surface area contributed by atoms with Crippen molar-refractivity contribution in [3.05, 3.63) is 40.4 Å². The molecule has 7 heteroatoms. The van der Waals surface area contributed by atoms with Crippen LogP contribution >= 0.6 is 15.9 Å². The lowest BCUT2D eigenvalue weighted by molar-refractivity contribution is -0.118. The van der Waals surface area contributed by atoms with Gasteiger partial charge in [0.1, 0.15) is 0 Å². The van der Waals surface area contributed by atoms with Gasteiger partial charge in [-0.1, -0.05) is 28.9 Å². The van der Waals surface area contributed by atoms with Crippen LogP contribution in [0, 0.1) is 0 Å². The summed E-state index contributed by atoms with van der Waals surface area (Å²) in [7, 11) is -3.52. The van der Waals surface area contributed by atoms with Crippen molar-refractivity contribution in [1.82, 2.24) is 9.62 Å². The summed E-state index contributed by atoms with van der Waals surface area (Å²) >= 11 is 3.30. The van der Waals surface area contributed by atoms with Gasteiger partial charge in [-0.25, -0.2) is 8.42 Å². The first-order chi connectivity index (χ1) is 10.8. The van der Waals surface area contributed by atoms with Gasteiger partial charge in [0, 0.05) is 29.2 Å². The second-order valence-corrected chi connectivity index (χ2v) is 8.43. The lowest BCUT2D eigenvalue weighted by Gasteiger charge is -2.26. The van der Waals surface area contributed by atoms with Crippen LogP contribution in [-0.2, 0) is 14.8 Å². The smallest absolute Gasteiger partial charge is 0.247 e. The second kappa shape index (κ2) is 7.59. The molecule has 0 aromatic heterocycles. The normalized spacial score (nSPS) is 17.4. The van der Waals surface area contributed by atoms with Gasteiger partial charge in [0.25, 0.3) is 0 Å². The van der Waals surface area contributed by atoms with Crippen molar-refractivity contribution in [2.45, 2.75) is 37.6 Å². The zero-order valence-corrected chi connectivity index (χ0v) is 15.7. The maximum absolute atomic E-state index is 12.6. The van der Waals surface area contributed by atoms with E-state index in [1.165, 1.54) is 4.31 Å². The first-order valence-electron chi connectivity index (χ1n) is 7.60. The molecule has 0 saturated carbocycles. The summed E-state index contributed by atoms with van der Waals surface area (Å²) in [5, 5.41) is 2.91. The Morgan fingerprint density at radius 3 is 2.52 bits per heavy atom. The molecule has 0 aliphatic carbocycles. The third-order valence-electron chi connectivity index (χ3n) is 3.90. The highest BCUT2D eigenvalue weighted by Gasteiger charge is 2.27. The minimum absolute atomic E-state index is 0.0972. The van der Waals surface area contributed by atoms with E-state index in [1.54, 1.807) is 30.3 Å². The molecule has 1 aliphatic rings. The van der Waals surface area contributed by atoms with Crippen molar-refractivity contribution in [2.24, 2.45) is 0 Å². The van der Waals surface area contributed by atoms with Gasteiger partial charge in [-0.15, -0.1) is 0 Å². The first-order valence-corrected chi connectivity index (χ1v) is 9.83. The molecule has 126 valence electrons. The molecule has 1 N–H and O–H groups in total. The Morgan fingerprint density at radius 2 is 2.00 bits per heavy atom. The van der Waals surface area contributed by atoms with E-state index in [0.29, 0.717) is 18.5 Å². The summed E-state index contributed by atoms with van der Waals surface area (Å²) in [6.45, 7) is 4.50. The van der Waals surface area contributed by atoms with Crippen LogP contribution in [0.1, 0.15) is 26.7 Å². The summed E-state index contributed by atoms with van der Waals surface area (Å²) in [4.78, 5) is 12.3. The van der Waals surface area contributed by atoms with E-state index in [4.69, 9.17) is 0 Å². The molecule has 1 heterocycles. The van der Waals surface area contributed by atoms with Crippen LogP contribution in [-0.4, -0.2) is 37.8 Å². The van der Waals surface area contributed by atoms with Gasteiger partial charge in [-0.05, 0) is 44.0 Å². The fourth-order valence-corrected chi connectivity index (χ4v) is 3.89. The Kier molecular flexibility index (Phi) is 6.00. The zero-order chi connectivity index (χ0) is 17.0. The standard InChI is InChI=1S/C16H21BrN2O3S/c1-3-12(2)18-16(20)13-8-10-19(11-9-13)23(21,22)15-6-4-14(17)5-7-15/h4-8,12H,3,9-11H2,1-2H3,(H,18,20). The molecule has 5 nitrogen and oxygen atoms in total. The third-order valence-corrected chi connectivity index (χ3v) is 6.31. The quantitative estimate of drug-likeness (QED) is 0.825. The van der Waals surface area contributed by atoms with Crippen LogP contribution in [0.25, 0.3) is 0 Å². The van der Waals surface area contributed by atoms with E-state index in [1.807, 2.05) is 13.8 Å². The highest BCUT2D eigenvalue weighted by Crippen LogP contribution is 2.22. The maximum Gasteiger partial charge on any atom is 0.247 e. The van der Waals surface area contributed by atoms with Crippen LogP contribution in [0.3, 0.4) is 0 Å². The van der Waals surface area contributed by atoms with Gasteiger partial charge >= 0.3 is 0 Å². The number of hydrogen-bond donors (Lipinski definition) is 1. The third kappa shape index (κ3) is 4.43. The number of carbonyl (C=O) groups excluding carboxylic acids is 1. The molecule has 0 bridgehead atoms. The largest absolute Gasteiger partial charge is 0.350 e. The summed E-state index contributed by atoms with van der Waals surface area (Å²) in [6, 6.07) is 6.69. The van der Waals surface area contributed by atoms with Crippen molar-refractivity contribution in [2.75, 3.05) is 13.1 Å². The number of benzene rings is 1. The molecule has 1 amide bonds. The number of carbonyl (C=O) groups is 1. The zero-order valence-electron chi connectivity index (χ0n) is 13.3. The highest BCUT2D eigenvalue weighted by atomic mass is 79.9. The average molecular weight is 401 g/mol. The Balaban J connectivity index is 2.08. The highest BCUT2D eigenvalue weighted by molar-refractivity contribution is 9.10. The number of halogens is 1. The van der Waals surface area contributed by atoms with E-state index in [9.17, 15) is 13.2 Å². The van der Waals surface area contributed by atoms with Crippen molar-refractivity contribution >= 4 is 31.9 Å². The molecule has 0 saturated heterocycles. The van der Waals surface area contributed by atoms with E-state index < -0.39 is 10.0 Å². The van der Waals surface area contributed by atoms with Gasteiger partial charge in [-0.3, -0.25) is 4.79 Å². The predicted octanol–water partition coefficient (Wildman–Crippen LogP) is 2.68. The number of nitrogens with one attached hydrogen (secondary N) is 1. The number of hydrogen-bond acceptors (Lipinski definition) is 3. The predicted molar refractivity (Wildman–Crippen MR) is 93.5 cm³/mol. The van der Waals surface area contributed by atoms with Crippen LogP contribution in [0.4, 0.5) is 0 Å².